The van der Waals surface area contributed by atoms with Crippen LogP contribution in [0.5, 0.6) is 0 Å². The van der Waals surface area contributed by atoms with E-state index in [9.17, 15) is 17.2 Å². The molecular weight excluding hydrogens is 448 g/mol. The first kappa shape index (κ1) is 25.6. The molecule has 0 aliphatic carbocycles. The number of halogens is 2. The molecule has 0 spiro atoms. The number of ether oxygens (including phenoxy) is 1. The molecule has 33 heavy (non-hydrogen) atoms. The summed E-state index contributed by atoms with van der Waals surface area (Å²) in [5.41, 5.74) is 1.19. The van der Waals surface area contributed by atoms with Gasteiger partial charge in [0, 0.05) is 61.2 Å². The van der Waals surface area contributed by atoms with Gasteiger partial charge in [0.15, 0.2) is 0 Å². The van der Waals surface area contributed by atoms with Gasteiger partial charge in [-0.1, -0.05) is 32.9 Å². The van der Waals surface area contributed by atoms with E-state index in [4.69, 9.17) is 4.74 Å². The van der Waals surface area contributed by atoms with Gasteiger partial charge in [-0.15, -0.1) is 0 Å². The second-order valence-corrected chi connectivity index (χ2v) is 11.4. The third kappa shape index (κ3) is 6.33. The summed E-state index contributed by atoms with van der Waals surface area (Å²) in [5.74, 6) is -3.05. The summed E-state index contributed by atoms with van der Waals surface area (Å²) in [6.07, 6.45) is 0.888. The third-order valence-electron chi connectivity index (χ3n) is 5.96. The smallest absolute Gasteiger partial charge is 0.270 e. The molecule has 1 saturated heterocycles. The number of hydrogen-bond donors (Lipinski definition) is 1. The molecule has 1 N–H and O–H groups in total. The van der Waals surface area contributed by atoms with Gasteiger partial charge >= 0.3 is 0 Å². The van der Waals surface area contributed by atoms with Crippen molar-refractivity contribution in [1.29, 1.82) is 0 Å². The number of hydrogen-bond acceptors (Lipinski definition) is 4. The molecular formula is C24H35F2N3O3S. The van der Waals surface area contributed by atoms with Gasteiger partial charge in [-0.2, -0.15) is 0 Å². The summed E-state index contributed by atoms with van der Waals surface area (Å²) in [6.45, 7) is 13.7. The van der Waals surface area contributed by atoms with Crippen LogP contribution in [0, 0.1) is 6.92 Å². The van der Waals surface area contributed by atoms with Gasteiger partial charge in [0.1, 0.15) is 4.90 Å². The van der Waals surface area contributed by atoms with Crippen molar-refractivity contribution in [3.63, 3.8) is 0 Å². The van der Waals surface area contributed by atoms with Crippen LogP contribution < -0.4 is 4.72 Å². The van der Waals surface area contributed by atoms with E-state index >= 15 is 0 Å². The molecule has 0 unspecified atom stereocenters. The molecule has 1 aliphatic rings. The Morgan fingerprint density at radius 3 is 2.33 bits per heavy atom. The van der Waals surface area contributed by atoms with Crippen molar-refractivity contribution in [2.45, 2.75) is 63.8 Å². The Morgan fingerprint density at radius 1 is 1.06 bits per heavy atom. The van der Waals surface area contributed by atoms with E-state index in [0.717, 1.165) is 51.9 Å². The maximum absolute atomic E-state index is 13.7. The maximum Gasteiger partial charge on any atom is 0.270 e. The summed E-state index contributed by atoms with van der Waals surface area (Å²) in [6, 6.07) is 7.08. The highest BCUT2D eigenvalue weighted by Gasteiger charge is 2.29. The molecule has 3 rings (SSSR count). The van der Waals surface area contributed by atoms with Crippen molar-refractivity contribution in [3.05, 3.63) is 47.3 Å². The fraction of sp³-hybridized carbons (Fsp3) is 0.583. The zero-order chi connectivity index (χ0) is 24.4. The molecule has 0 saturated carbocycles. The van der Waals surface area contributed by atoms with Crippen LogP contribution in [0.15, 0.2) is 35.2 Å². The van der Waals surface area contributed by atoms with Gasteiger partial charge in [-0.05, 0) is 31.5 Å². The normalized spacial score (nSPS) is 16.2. The monoisotopic (exact) mass is 483 g/mol. The predicted molar refractivity (Wildman–Crippen MR) is 127 cm³/mol. The van der Waals surface area contributed by atoms with E-state index in [2.05, 4.69) is 35.0 Å². The number of benzene rings is 1. The standard InChI is InChI=1S/C24H35F2N3O3S/c1-18-21(33(30,31)27-20-9-6-8-19(16-20)24(5,25)26)17-22(23(2,3)4)29(18)11-7-10-28-12-14-32-15-13-28/h6,8-9,16-17,27H,7,10-15H2,1-5H3. The minimum Gasteiger partial charge on any atom is -0.379 e. The zero-order valence-corrected chi connectivity index (χ0v) is 20.9. The predicted octanol–water partition coefficient (Wildman–Crippen LogP) is 4.73. The Bertz CT molecular complexity index is 1060. The van der Waals surface area contributed by atoms with Gasteiger partial charge in [0.05, 0.1) is 13.2 Å². The van der Waals surface area contributed by atoms with Crippen LogP contribution >= 0.6 is 0 Å². The average Bonchev–Trinajstić information content (AvgIpc) is 3.06. The Kier molecular flexibility index (Phi) is 7.55. The van der Waals surface area contributed by atoms with Crippen molar-refractivity contribution in [1.82, 2.24) is 9.47 Å². The van der Waals surface area contributed by atoms with Crippen molar-refractivity contribution in [2.75, 3.05) is 37.6 Å². The van der Waals surface area contributed by atoms with Gasteiger partial charge in [0.2, 0.25) is 0 Å². The largest absolute Gasteiger partial charge is 0.379 e. The topological polar surface area (TPSA) is 63.6 Å². The average molecular weight is 484 g/mol. The number of aromatic nitrogens is 1. The van der Waals surface area contributed by atoms with Crippen LogP contribution in [-0.2, 0) is 32.6 Å². The molecule has 0 radical (unpaired) electrons. The highest BCUT2D eigenvalue weighted by molar-refractivity contribution is 7.92. The first-order valence-electron chi connectivity index (χ1n) is 11.3. The SMILES string of the molecule is Cc1c(S(=O)(=O)Nc2cccc(C(C)(F)F)c2)cc(C(C)(C)C)n1CCCN1CCOCC1. The second kappa shape index (κ2) is 9.72. The molecule has 1 aliphatic heterocycles. The first-order valence-corrected chi connectivity index (χ1v) is 12.8. The lowest BCUT2D eigenvalue weighted by atomic mass is 9.92. The Hall–Kier alpha value is -1.97. The van der Waals surface area contributed by atoms with Gasteiger partial charge in [-0.3, -0.25) is 9.62 Å². The highest BCUT2D eigenvalue weighted by Crippen LogP contribution is 2.32. The van der Waals surface area contributed by atoms with E-state index in [0.29, 0.717) is 12.2 Å². The number of nitrogens with zero attached hydrogens (tertiary/aromatic N) is 2. The highest BCUT2D eigenvalue weighted by atomic mass is 32.2. The molecule has 0 amide bonds. The van der Waals surface area contributed by atoms with Gasteiger partial charge in [0.25, 0.3) is 15.9 Å². The lowest BCUT2D eigenvalue weighted by Gasteiger charge is -2.27. The van der Waals surface area contributed by atoms with Crippen LogP contribution in [0.1, 0.15) is 51.1 Å². The van der Waals surface area contributed by atoms with Crippen LogP contribution in [0.4, 0.5) is 14.5 Å². The van der Waals surface area contributed by atoms with Crippen LogP contribution in [0.3, 0.4) is 0 Å². The quantitative estimate of drug-likeness (QED) is 0.590. The van der Waals surface area contributed by atoms with Crippen LogP contribution in [0.25, 0.3) is 0 Å². The van der Waals surface area contributed by atoms with Crippen molar-refractivity contribution < 1.29 is 21.9 Å². The minimum absolute atomic E-state index is 0.116. The van der Waals surface area contributed by atoms with Crippen LogP contribution in [0.2, 0.25) is 0 Å². The fourth-order valence-corrected chi connectivity index (χ4v) is 5.46. The molecule has 1 fully saturated rings. The van der Waals surface area contributed by atoms with Crippen molar-refractivity contribution in [2.24, 2.45) is 0 Å². The van der Waals surface area contributed by atoms with Crippen LogP contribution in [-0.4, -0.2) is 50.7 Å². The number of morpholine rings is 1. The molecule has 9 heteroatoms. The number of alkyl halides is 2. The first-order chi connectivity index (χ1) is 15.3. The number of sulfonamides is 1. The van der Waals surface area contributed by atoms with E-state index in [1.165, 1.54) is 24.3 Å². The van der Waals surface area contributed by atoms with Gasteiger partial charge in [-0.25, -0.2) is 17.2 Å². The molecule has 1 aromatic heterocycles. The third-order valence-corrected chi connectivity index (χ3v) is 7.46. The number of anilines is 1. The lowest BCUT2D eigenvalue weighted by Crippen LogP contribution is -2.37. The minimum atomic E-state index is -3.96. The fourth-order valence-electron chi connectivity index (χ4n) is 4.14. The molecule has 0 bridgehead atoms. The Morgan fingerprint density at radius 2 is 1.73 bits per heavy atom. The summed E-state index contributed by atoms with van der Waals surface area (Å²) in [4.78, 5) is 2.53. The summed E-state index contributed by atoms with van der Waals surface area (Å²) in [5, 5.41) is 0. The Balaban J connectivity index is 1.86. The summed E-state index contributed by atoms with van der Waals surface area (Å²) < 4.78 is 63.9. The van der Waals surface area contributed by atoms with E-state index < -0.39 is 15.9 Å². The molecule has 2 heterocycles. The molecule has 184 valence electrons. The zero-order valence-electron chi connectivity index (χ0n) is 20.1. The van der Waals surface area contributed by atoms with E-state index in [1.807, 2.05) is 0 Å². The summed E-state index contributed by atoms with van der Waals surface area (Å²) in [7, 11) is -3.96. The van der Waals surface area contributed by atoms with Crippen molar-refractivity contribution >= 4 is 15.7 Å². The lowest BCUT2D eigenvalue weighted by molar-refractivity contribution is 0.0175. The molecule has 2 aromatic rings. The van der Waals surface area contributed by atoms with E-state index in [1.54, 1.807) is 13.0 Å². The maximum atomic E-state index is 13.7. The molecule has 0 atom stereocenters. The Labute approximate surface area is 196 Å². The van der Waals surface area contributed by atoms with Crippen molar-refractivity contribution in [3.8, 4) is 0 Å². The number of nitrogens with one attached hydrogen (secondary N) is 1. The summed E-state index contributed by atoms with van der Waals surface area (Å²) >= 11 is 0. The van der Waals surface area contributed by atoms with Gasteiger partial charge < -0.3 is 9.30 Å². The van der Waals surface area contributed by atoms with E-state index in [-0.39, 0.29) is 21.6 Å². The molecule has 6 nitrogen and oxygen atoms in total. The molecule has 1 aromatic carbocycles. The second-order valence-electron chi connectivity index (χ2n) is 9.76. The number of rotatable bonds is 8.